The van der Waals surface area contributed by atoms with E-state index in [1.54, 1.807) is 37.4 Å². The van der Waals surface area contributed by atoms with Crippen LogP contribution in [0.25, 0.3) is 5.57 Å². The maximum Gasteiger partial charge on any atom is 0.340 e. The van der Waals surface area contributed by atoms with Gasteiger partial charge in [0, 0.05) is 21.4 Å². The van der Waals surface area contributed by atoms with Crippen LogP contribution in [0, 0.1) is 0 Å². The van der Waals surface area contributed by atoms with Gasteiger partial charge in [0.15, 0.2) is 0 Å². The highest BCUT2D eigenvalue weighted by molar-refractivity contribution is 9.10. The minimum absolute atomic E-state index is 0.321. The molecular weight excluding hydrogens is 366 g/mol. The minimum Gasteiger partial charge on any atom is -0.462 e. The van der Waals surface area contributed by atoms with Crippen molar-refractivity contribution >= 4 is 44.8 Å². The molecule has 2 rings (SSSR count). The Balaban J connectivity index is 2.27. The fourth-order valence-electron chi connectivity index (χ4n) is 1.80. The second kappa shape index (κ2) is 8.01. The van der Waals surface area contributed by atoms with Crippen molar-refractivity contribution in [3.8, 4) is 0 Å². The maximum atomic E-state index is 12.1. The summed E-state index contributed by atoms with van der Waals surface area (Å²) in [6, 6.07) is 14.7. The maximum absolute atomic E-state index is 12.1. The molecule has 2 aromatic rings. The predicted molar refractivity (Wildman–Crippen MR) is 93.8 cm³/mol. The van der Waals surface area contributed by atoms with Gasteiger partial charge in [-0.05, 0) is 48.9 Å². The van der Waals surface area contributed by atoms with Crippen LogP contribution in [-0.2, 0) is 9.53 Å². The summed E-state index contributed by atoms with van der Waals surface area (Å²) in [6.07, 6.45) is 1.64. The summed E-state index contributed by atoms with van der Waals surface area (Å²) in [4.78, 5) is 12.1. The molecule has 1 N–H and O–H groups in total. The molecule has 2 aromatic carbocycles. The molecule has 0 spiro atoms. The number of hydrogen-bond acceptors (Lipinski definition) is 3. The van der Waals surface area contributed by atoms with E-state index >= 15 is 0 Å². The van der Waals surface area contributed by atoms with Gasteiger partial charge in [0.2, 0.25) is 0 Å². The van der Waals surface area contributed by atoms with Crippen molar-refractivity contribution in [3.05, 3.63) is 69.8 Å². The molecule has 22 heavy (non-hydrogen) atoms. The first-order valence-corrected chi connectivity index (χ1v) is 7.92. The van der Waals surface area contributed by atoms with Crippen molar-refractivity contribution in [1.82, 2.24) is 0 Å². The van der Waals surface area contributed by atoms with E-state index in [1.165, 1.54) is 0 Å². The molecule has 0 heterocycles. The Morgan fingerprint density at radius 1 is 1.18 bits per heavy atom. The monoisotopic (exact) mass is 379 g/mol. The van der Waals surface area contributed by atoms with Crippen LogP contribution in [0.4, 0.5) is 5.69 Å². The summed E-state index contributed by atoms with van der Waals surface area (Å²) in [5, 5.41) is 3.73. The van der Waals surface area contributed by atoms with Gasteiger partial charge >= 0.3 is 5.97 Å². The highest BCUT2D eigenvalue weighted by atomic mass is 79.9. The van der Waals surface area contributed by atoms with Crippen molar-refractivity contribution in [1.29, 1.82) is 0 Å². The molecule has 0 aliphatic carbocycles. The van der Waals surface area contributed by atoms with Gasteiger partial charge < -0.3 is 10.1 Å². The van der Waals surface area contributed by atoms with E-state index in [1.807, 2.05) is 24.3 Å². The van der Waals surface area contributed by atoms with Gasteiger partial charge in [0.25, 0.3) is 0 Å². The number of rotatable bonds is 5. The van der Waals surface area contributed by atoms with E-state index in [0.717, 1.165) is 15.7 Å². The number of halogens is 2. The second-order valence-electron chi connectivity index (χ2n) is 4.44. The molecule has 0 radical (unpaired) electrons. The Kier molecular flexibility index (Phi) is 6.04. The molecule has 114 valence electrons. The zero-order chi connectivity index (χ0) is 15.9. The van der Waals surface area contributed by atoms with Crippen LogP contribution in [-0.4, -0.2) is 12.6 Å². The first-order chi connectivity index (χ1) is 10.6. The number of benzene rings is 2. The lowest BCUT2D eigenvalue weighted by molar-refractivity contribution is -0.136. The Labute approximate surface area is 143 Å². The topological polar surface area (TPSA) is 38.3 Å². The van der Waals surface area contributed by atoms with Crippen LogP contribution in [0.15, 0.2) is 59.2 Å². The molecule has 0 saturated heterocycles. The van der Waals surface area contributed by atoms with Crippen LogP contribution in [0.1, 0.15) is 12.5 Å². The average molecular weight is 381 g/mol. The third-order valence-electron chi connectivity index (χ3n) is 2.88. The minimum atomic E-state index is -0.380. The second-order valence-corrected chi connectivity index (χ2v) is 5.79. The van der Waals surface area contributed by atoms with E-state index in [9.17, 15) is 4.79 Å². The first-order valence-electron chi connectivity index (χ1n) is 6.75. The average Bonchev–Trinajstić information content (AvgIpc) is 2.51. The fraction of sp³-hybridized carbons (Fsp3) is 0.118. The molecule has 0 fully saturated rings. The quantitative estimate of drug-likeness (QED) is 0.578. The fourth-order valence-corrected chi connectivity index (χ4v) is 2.19. The Morgan fingerprint density at radius 2 is 1.82 bits per heavy atom. The van der Waals surface area contributed by atoms with Crippen molar-refractivity contribution in [2.75, 3.05) is 11.9 Å². The summed E-state index contributed by atoms with van der Waals surface area (Å²) < 4.78 is 6.10. The smallest absolute Gasteiger partial charge is 0.340 e. The normalized spacial score (nSPS) is 11.1. The van der Waals surface area contributed by atoms with Gasteiger partial charge in [-0.2, -0.15) is 0 Å². The molecule has 0 bridgehead atoms. The summed E-state index contributed by atoms with van der Waals surface area (Å²) in [5.74, 6) is -0.380. The summed E-state index contributed by atoms with van der Waals surface area (Å²) in [6.45, 7) is 2.10. The van der Waals surface area contributed by atoms with Crippen LogP contribution in [0.3, 0.4) is 0 Å². The molecular formula is C17H15BrClNO2. The Hall–Kier alpha value is -1.78. The van der Waals surface area contributed by atoms with Crippen molar-refractivity contribution in [3.63, 3.8) is 0 Å². The van der Waals surface area contributed by atoms with E-state index in [-0.39, 0.29) is 5.97 Å². The number of esters is 1. The van der Waals surface area contributed by atoms with E-state index in [4.69, 9.17) is 16.3 Å². The number of hydrogen-bond donors (Lipinski definition) is 1. The lowest BCUT2D eigenvalue weighted by Crippen LogP contribution is -2.08. The van der Waals surface area contributed by atoms with Crippen LogP contribution >= 0.6 is 27.5 Å². The molecule has 0 aliphatic rings. The Bertz CT molecular complexity index is 666. The van der Waals surface area contributed by atoms with Crippen molar-refractivity contribution in [2.24, 2.45) is 0 Å². The lowest BCUT2D eigenvalue weighted by Gasteiger charge is -2.09. The van der Waals surface area contributed by atoms with Crippen molar-refractivity contribution < 1.29 is 9.53 Å². The lowest BCUT2D eigenvalue weighted by atomic mass is 10.1. The highest BCUT2D eigenvalue weighted by Gasteiger charge is 2.13. The van der Waals surface area contributed by atoms with Gasteiger partial charge in [0.1, 0.15) is 0 Å². The van der Waals surface area contributed by atoms with Crippen molar-refractivity contribution in [2.45, 2.75) is 6.92 Å². The van der Waals surface area contributed by atoms with Crippen LogP contribution < -0.4 is 5.32 Å². The number of anilines is 1. The molecule has 0 saturated carbocycles. The number of nitrogens with one attached hydrogen (secondary N) is 1. The largest absolute Gasteiger partial charge is 0.462 e. The SMILES string of the molecule is CCOC(=O)/C(=C/Nc1ccc(Br)cc1)c1ccc(Cl)cc1. The van der Waals surface area contributed by atoms with Gasteiger partial charge in [-0.25, -0.2) is 4.79 Å². The summed E-state index contributed by atoms with van der Waals surface area (Å²) in [5.41, 5.74) is 2.06. The highest BCUT2D eigenvalue weighted by Crippen LogP contribution is 2.20. The number of carbonyl (C=O) groups is 1. The molecule has 0 atom stereocenters. The molecule has 0 aliphatic heterocycles. The van der Waals surface area contributed by atoms with Gasteiger partial charge in [-0.1, -0.05) is 39.7 Å². The molecule has 0 amide bonds. The third-order valence-corrected chi connectivity index (χ3v) is 3.66. The molecule has 0 aromatic heterocycles. The zero-order valence-electron chi connectivity index (χ0n) is 12.0. The first kappa shape index (κ1) is 16.6. The van der Waals surface area contributed by atoms with Crippen LogP contribution in [0.5, 0.6) is 0 Å². The van der Waals surface area contributed by atoms with Crippen LogP contribution in [0.2, 0.25) is 5.02 Å². The predicted octanol–water partition coefficient (Wildman–Crippen LogP) is 5.12. The van der Waals surface area contributed by atoms with Gasteiger partial charge in [-0.3, -0.25) is 0 Å². The molecule has 0 unspecified atom stereocenters. The standard InChI is InChI=1S/C17H15BrClNO2/c1-2-22-17(21)16(12-3-7-14(19)8-4-12)11-20-15-9-5-13(18)6-10-15/h3-11,20H,2H2,1H3/b16-11+. The number of carbonyl (C=O) groups excluding carboxylic acids is 1. The Morgan fingerprint density at radius 3 is 2.41 bits per heavy atom. The van der Waals surface area contributed by atoms with E-state index in [2.05, 4.69) is 21.2 Å². The summed E-state index contributed by atoms with van der Waals surface area (Å²) in [7, 11) is 0. The van der Waals surface area contributed by atoms with E-state index < -0.39 is 0 Å². The molecule has 5 heteroatoms. The third kappa shape index (κ3) is 4.61. The van der Waals surface area contributed by atoms with Gasteiger partial charge in [0.05, 0.1) is 12.2 Å². The summed E-state index contributed by atoms with van der Waals surface area (Å²) >= 11 is 9.27. The number of ether oxygens (including phenoxy) is 1. The zero-order valence-corrected chi connectivity index (χ0v) is 14.3. The van der Waals surface area contributed by atoms with E-state index in [0.29, 0.717) is 17.2 Å². The van der Waals surface area contributed by atoms with Gasteiger partial charge in [-0.15, -0.1) is 0 Å². The molecule has 3 nitrogen and oxygen atoms in total.